The predicted molar refractivity (Wildman–Crippen MR) is 107 cm³/mol. The van der Waals surface area contributed by atoms with E-state index in [9.17, 15) is 4.79 Å². The molecule has 140 valence electrons. The van der Waals surface area contributed by atoms with Gasteiger partial charge in [0, 0.05) is 18.8 Å². The minimum atomic E-state index is -0.130. The highest BCUT2D eigenvalue weighted by atomic mass is 16.5. The predicted octanol–water partition coefficient (Wildman–Crippen LogP) is 4.30. The highest BCUT2D eigenvalue weighted by molar-refractivity contribution is 5.30. The Kier molecular flexibility index (Phi) is 6.09. The first-order valence-electron chi connectivity index (χ1n) is 9.03. The molecule has 0 atom stereocenters. The summed E-state index contributed by atoms with van der Waals surface area (Å²) in [4.78, 5) is 12.3. The maximum absolute atomic E-state index is 12.3. The Bertz CT molecular complexity index is 961. The molecule has 4 heteroatoms. The summed E-state index contributed by atoms with van der Waals surface area (Å²) >= 11 is 0. The van der Waals surface area contributed by atoms with Crippen LogP contribution in [0.15, 0.2) is 65.6 Å². The van der Waals surface area contributed by atoms with Crippen molar-refractivity contribution in [3.63, 3.8) is 0 Å². The van der Waals surface area contributed by atoms with Crippen LogP contribution in [0.1, 0.15) is 27.9 Å². The molecule has 0 bridgehead atoms. The third-order valence-electron chi connectivity index (χ3n) is 4.55. The maximum atomic E-state index is 12.3. The van der Waals surface area contributed by atoms with Gasteiger partial charge in [0.05, 0.1) is 19.4 Å². The summed E-state index contributed by atoms with van der Waals surface area (Å²) in [5.41, 5.74) is 5.33. The van der Waals surface area contributed by atoms with Crippen molar-refractivity contribution in [2.75, 3.05) is 0 Å². The molecular formula is C23H25NO3. The maximum Gasteiger partial charge on any atom is 0.223 e. The number of aryl methyl sites for hydroxylation is 3. The molecule has 0 saturated heterocycles. The van der Waals surface area contributed by atoms with Gasteiger partial charge in [0.1, 0.15) is 6.61 Å². The van der Waals surface area contributed by atoms with Gasteiger partial charge in [-0.1, -0.05) is 54.1 Å². The van der Waals surface area contributed by atoms with Crippen LogP contribution in [0, 0.1) is 13.8 Å². The first-order valence-corrected chi connectivity index (χ1v) is 9.03. The molecular weight excluding hydrogens is 338 g/mol. The highest BCUT2D eigenvalue weighted by Crippen LogP contribution is 2.14. The lowest BCUT2D eigenvalue weighted by molar-refractivity contribution is 0.102. The summed E-state index contributed by atoms with van der Waals surface area (Å²) in [5, 5.41) is 0. The smallest absolute Gasteiger partial charge is 0.223 e. The molecule has 0 amide bonds. The average Bonchev–Trinajstić information content (AvgIpc) is 2.65. The van der Waals surface area contributed by atoms with Crippen LogP contribution in [0.3, 0.4) is 0 Å². The van der Waals surface area contributed by atoms with Gasteiger partial charge in [-0.05, 0) is 30.5 Å². The largest absolute Gasteiger partial charge is 0.483 e. The van der Waals surface area contributed by atoms with Crippen molar-refractivity contribution in [3.05, 3.63) is 99.0 Å². The van der Waals surface area contributed by atoms with Gasteiger partial charge in [-0.3, -0.25) is 4.79 Å². The molecule has 3 rings (SSSR count). The molecule has 4 nitrogen and oxygen atoms in total. The van der Waals surface area contributed by atoms with Crippen LogP contribution < -0.4 is 10.2 Å². The molecule has 0 spiro atoms. The van der Waals surface area contributed by atoms with Gasteiger partial charge < -0.3 is 14.0 Å². The van der Waals surface area contributed by atoms with E-state index in [1.54, 1.807) is 12.3 Å². The topological polar surface area (TPSA) is 40.5 Å². The van der Waals surface area contributed by atoms with E-state index in [2.05, 4.69) is 32.0 Å². The summed E-state index contributed by atoms with van der Waals surface area (Å²) < 4.78 is 13.4. The van der Waals surface area contributed by atoms with E-state index < -0.39 is 0 Å². The lowest BCUT2D eigenvalue weighted by Crippen LogP contribution is -2.14. The number of benzene rings is 2. The molecule has 0 aliphatic heterocycles. The van der Waals surface area contributed by atoms with Crippen molar-refractivity contribution in [1.82, 2.24) is 4.57 Å². The van der Waals surface area contributed by atoms with Crippen LogP contribution in [0.25, 0.3) is 0 Å². The van der Waals surface area contributed by atoms with Crippen LogP contribution in [0.5, 0.6) is 5.75 Å². The first kappa shape index (κ1) is 18.9. The van der Waals surface area contributed by atoms with E-state index in [0.717, 1.165) is 16.8 Å². The Balaban J connectivity index is 1.61. The van der Waals surface area contributed by atoms with Gasteiger partial charge >= 0.3 is 0 Å². The second kappa shape index (κ2) is 8.69. The number of hydrogen-bond acceptors (Lipinski definition) is 3. The fourth-order valence-electron chi connectivity index (χ4n) is 2.91. The number of hydrogen-bond donors (Lipinski definition) is 0. The van der Waals surface area contributed by atoms with E-state index >= 15 is 0 Å². The second-order valence-corrected chi connectivity index (χ2v) is 6.80. The summed E-state index contributed by atoms with van der Waals surface area (Å²) in [6, 6.07) is 17.7. The normalized spacial score (nSPS) is 10.8. The number of ether oxygens (including phenoxy) is 2. The molecule has 1 aromatic heterocycles. The van der Waals surface area contributed by atoms with Crippen LogP contribution in [0.4, 0.5) is 0 Å². The van der Waals surface area contributed by atoms with Gasteiger partial charge in [0.2, 0.25) is 5.43 Å². The van der Waals surface area contributed by atoms with E-state index in [-0.39, 0.29) is 5.43 Å². The van der Waals surface area contributed by atoms with Gasteiger partial charge in [-0.25, -0.2) is 0 Å². The molecule has 1 heterocycles. The van der Waals surface area contributed by atoms with Crippen molar-refractivity contribution in [2.24, 2.45) is 7.05 Å². The van der Waals surface area contributed by atoms with Gasteiger partial charge in [-0.15, -0.1) is 0 Å². The summed E-state index contributed by atoms with van der Waals surface area (Å²) in [6.45, 7) is 5.43. The zero-order chi connectivity index (χ0) is 19.2. The standard InChI is InChI=1S/C23H25NO3/c1-17-9-10-20(18(2)11-17)15-26-16-21-12-22(25)23(13-24(21)3)27-14-19-7-5-4-6-8-19/h4-13H,14-16H2,1-3H3. The molecule has 0 fully saturated rings. The monoisotopic (exact) mass is 363 g/mol. The van der Waals surface area contributed by atoms with E-state index in [4.69, 9.17) is 9.47 Å². The van der Waals surface area contributed by atoms with E-state index in [1.807, 2.05) is 41.9 Å². The average molecular weight is 363 g/mol. The highest BCUT2D eigenvalue weighted by Gasteiger charge is 2.07. The van der Waals surface area contributed by atoms with E-state index in [1.165, 1.54) is 11.1 Å². The Morgan fingerprint density at radius 2 is 1.70 bits per heavy atom. The Hall–Kier alpha value is -2.85. The first-order chi connectivity index (χ1) is 13.0. The fraction of sp³-hybridized carbons (Fsp3) is 0.261. The van der Waals surface area contributed by atoms with Crippen LogP contribution in [-0.2, 0) is 31.6 Å². The van der Waals surface area contributed by atoms with E-state index in [0.29, 0.717) is 25.6 Å². The van der Waals surface area contributed by atoms with Gasteiger partial charge in [0.25, 0.3) is 0 Å². The Labute approximate surface area is 160 Å². The zero-order valence-electron chi connectivity index (χ0n) is 16.1. The summed E-state index contributed by atoms with van der Waals surface area (Å²) in [7, 11) is 1.89. The third kappa shape index (κ3) is 5.08. The number of nitrogens with zero attached hydrogens (tertiary/aromatic N) is 1. The SMILES string of the molecule is Cc1ccc(COCc2cc(=O)c(OCc3ccccc3)cn2C)c(C)c1. The van der Waals surface area contributed by atoms with Crippen LogP contribution >= 0.6 is 0 Å². The van der Waals surface area contributed by atoms with Crippen molar-refractivity contribution >= 4 is 0 Å². The molecule has 2 aromatic carbocycles. The zero-order valence-corrected chi connectivity index (χ0v) is 16.1. The van der Waals surface area contributed by atoms with Crippen LogP contribution in [-0.4, -0.2) is 4.57 Å². The van der Waals surface area contributed by atoms with Gasteiger partial charge in [0.15, 0.2) is 5.75 Å². The molecule has 0 N–H and O–H groups in total. The molecule has 0 aliphatic carbocycles. The summed E-state index contributed by atoms with van der Waals surface area (Å²) in [6.07, 6.45) is 1.72. The van der Waals surface area contributed by atoms with Crippen molar-refractivity contribution < 1.29 is 9.47 Å². The molecule has 0 radical (unpaired) electrons. The van der Waals surface area contributed by atoms with Crippen molar-refractivity contribution in [2.45, 2.75) is 33.7 Å². The molecule has 3 aromatic rings. The second-order valence-electron chi connectivity index (χ2n) is 6.80. The molecule has 0 saturated carbocycles. The number of aromatic nitrogens is 1. The number of rotatable bonds is 7. The molecule has 27 heavy (non-hydrogen) atoms. The quantitative estimate of drug-likeness (QED) is 0.628. The number of pyridine rings is 1. The minimum absolute atomic E-state index is 0.130. The van der Waals surface area contributed by atoms with Gasteiger partial charge in [-0.2, -0.15) is 0 Å². The fourth-order valence-corrected chi connectivity index (χ4v) is 2.91. The lowest BCUT2D eigenvalue weighted by Gasteiger charge is -2.13. The van der Waals surface area contributed by atoms with Crippen molar-refractivity contribution in [3.8, 4) is 5.75 Å². The van der Waals surface area contributed by atoms with Crippen LogP contribution in [0.2, 0.25) is 0 Å². The lowest BCUT2D eigenvalue weighted by atomic mass is 10.1. The minimum Gasteiger partial charge on any atom is -0.483 e. The molecule has 0 aliphatic rings. The Morgan fingerprint density at radius 3 is 2.44 bits per heavy atom. The molecule has 0 unspecified atom stereocenters. The third-order valence-corrected chi connectivity index (χ3v) is 4.55. The van der Waals surface area contributed by atoms with Crippen molar-refractivity contribution in [1.29, 1.82) is 0 Å². The Morgan fingerprint density at radius 1 is 0.926 bits per heavy atom. The summed E-state index contributed by atoms with van der Waals surface area (Å²) in [5.74, 6) is 0.347.